The number of hydrogen-bond acceptors (Lipinski definition) is 4. The largest absolute Gasteiger partial charge is 0.378 e. The smallest absolute Gasteiger partial charge is 0.254 e. The van der Waals surface area contributed by atoms with E-state index in [1.165, 1.54) is 11.8 Å². The van der Waals surface area contributed by atoms with Crippen molar-refractivity contribution >= 4 is 11.8 Å². The lowest BCUT2D eigenvalue weighted by Gasteiger charge is -2.37. The first kappa shape index (κ1) is 18.4. The van der Waals surface area contributed by atoms with Crippen molar-refractivity contribution in [3.63, 3.8) is 0 Å². The van der Waals surface area contributed by atoms with Gasteiger partial charge in [0.15, 0.2) is 5.60 Å². The maximum absolute atomic E-state index is 12.5. The van der Waals surface area contributed by atoms with Crippen LogP contribution in [0.5, 0.6) is 0 Å². The SMILES string of the molecule is CCOCc1ccccc1CNC(=O)[C@@]1(O)CCCN(C(C)=O)C1. The highest BCUT2D eigenvalue weighted by Crippen LogP contribution is 2.22. The van der Waals surface area contributed by atoms with Crippen molar-refractivity contribution in [3.05, 3.63) is 35.4 Å². The number of hydrogen-bond donors (Lipinski definition) is 2. The molecule has 1 atom stereocenters. The first-order valence-electron chi connectivity index (χ1n) is 8.37. The van der Waals surface area contributed by atoms with Gasteiger partial charge in [0, 0.05) is 26.6 Å². The van der Waals surface area contributed by atoms with E-state index in [0.717, 1.165) is 11.1 Å². The zero-order valence-corrected chi connectivity index (χ0v) is 14.4. The van der Waals surface area contributed by atoms with Gasteiger partial charge in [-0.2, -0.15) is 0 Å². The van der Waals surface area contributed by atoms with Crippen LogP contribution in [0.2, 0.25) is 0 Å². The lowest BCUT2D eigenvalue weighted by atomic mass is 9.91. The molecule has 2 amide bonds. The predicted octanol–water partition coefficient (Wildman–Crippen LogP) is 1.21. The molecule has 2 N–H and O–H groups in total. The van der Waals surface area contributed by atoms with Gasteiger partial charge in [-0.25, -0.2) is 0 Å². The number of β-amino-alcohol motifs (C(OH)–C–C–N with tert-alkyl or cyclic N) is 1. The van der Waals surface area contributed by atoms with Gasteiger partial charge in [-0.05, 0) is 30.9 Å². The summed E-state index contributed by atoms with van der Waals surface area (Å²) in [7, 11) is 0. The number of aliphatic hydroxyl groups is 1. The minimum Gasteiger partial charge on any atom is -0.378 e. The molecule has 1 aromatic rings. The molecular formula is C18H26N2O4. The minimum atomic E-state index is -1.52. The Bertz CT molecular complexity index is 590. The second-order valence-corrected chi connectivity index (χ2v) is 6.16. The van der Waals surface area contributed by atoms with E-state index < -0.39 is 11.5 Å². The number of piperidine rings is 1. The Balaban J connectivity index is 1.99. The van der Waals surface area contributed by atoms with E-state index in [9.17, 15) is 14.7 Å². The van der Waals surface area contributed by atoms with Crippen LogP contribution in [0.3, 0.4) is 0 Å². The Morgan fingerprint density at radius 3 is 2.71 bits per heavy atom. The molecule has 1 heterocycles. The monoisotopic (exact) mass is 334 g/mol. The summed E-state index contributed by atoms with van der Waals surface area (Å²) >= 11 is 0. The standard InChI is InChI=1S/C18H26N2O4/c1-3-24-12-16-8-5-4-7-15(16)11-19-17(22)18(23)9-6-10-20(13-18)14(2)21/h4-5,7-8,23H,3,6,9-13H2,1-2H3,(H,19,22)/t18-/m1/s1. The molecule has 132 valence electrons. The highest BCUT2D eigenvalue weighted by Gasteiger charge is 2.40. The normalized spacial score (nSPS) is 20.7. The van der Waals surface area contributed by atoms with E-state index in [4.69, 9.17) is 4.74 Å². The zero-order chi connectivity index (χ0) is 17.6. The average molecular weight is 334 g/mol. The quantitative estimate of drug-likeness (QED) is 0.820. The van der Waals surface area contributed by atoms with Crippen molar-refractivity contribution in [3.8, 4) is 0 Å². The van der Waals surface area contributed by atoms with Gasteiger partial charge in [-0.15, -0.1) is 0 Å². The Kier molecular flexibility index (Phi) is 6.34. The van der Waals surface area contributed by atoms with Crippen LogP contribution in [-0.4, -0.2) is 47.1 Å². The second kappa shape index (κ2) is 8.26. The third-order valence-electron chi connectivity index (χ3n) is 4.36. The summed E-state index contributed by atoms with van der Waals surface area (Å²) in [5.41, 5.74) is 0.460. The van der Waals surface area contributed by atoms with Gasteiger partial charge in [0.2, 0.25) is 5.91 Å². The highest BCUT2D eigenvalue weighted by molar-refractivity contribution is 5.86. The van der Waals surface area contributed by atoms with E-state index in [1.54, 1.807) is 0 Å². The molecule has 24 heavy (non-hydrogen) atoms. The first-order valence-corrected chi connectivity index (χ1v) is 8.37. The Morgan fingerprint density at radius 1 is 1.33 bits per heavy atom. The average Bonchev–Trinajstić information content (AvgIpc) is 2.58. The molecule has 0 bridgehead atoms. The van der Waals surface area contributed by atoms with Crippen molar-refractivity contribution in [2.24, 2.45) is 0 Å². The van der Waals surface area contributed by atoms with Crippen LogP contribution in [0, 0.1) is 0 Å². The van der Waals surface area contributed by atoms with Crippen molar-refractivity contribution < 1.29 is 19.4 Å². The van der Waals surface area contributed by atoms with Gasteiger partial charge in [0.25, 0.3) is 5.91 Å². The third-order valence-corrected chi connectivity index (χ3v) is 4.36. The summed E-state index contributed by atoms with van der Waals surface area (Å²) in [5.74, 6) is -0.553. The molecule has 0 spiro atoms. The van der Waals surface area contributed by atoms with Crippen LogP contribution in [-0.2, 0) is 27.5 Å². The number of rotatable bonds is 6. The molecule has 1 fully saturated rings. The number of nitrogens with zero attached hydrogens (tertiary/aromatic N) is 1. The molecule has 1 aromatic carbocycles. The fourth-order valence-corrected chi connectivity index (χ4v) is 2.91. The highest BCUT2D eigenvalue weighted by atomic mass is 16.5. The van der Waals surface area contributed by atoms with Gasteiger partial charge < -0.3 is 20.1 Å². The number of likely N-dealkylation sites (tertiary alicyclic amines) is 1. The molecule has 0 aromatic heterocycles. The first-order chi connectivity index (χ1) is 11.5. The number of carbonyl (C=O) groups excluding carboxylic acids is 2. The molecule has 2 rings (SSSR count). The maximum atomic E-state index is 12.5. The summed E-state index contributed by atoms with van der Waals surface area (Å²) in [6, 6.07) is 7.73. The van der Waals surface area contributed by atoms with Gasteiger partial charge >= 0.3 is 0 Å². The number of benzene rings is 1. The zero-order valence-electron chi connectivity index (χ0n) is 14.4. The fourth-order valence-electron chi connectivity index (χ4n) is 2.91. The summed E-state index contributed by atoms with van der Waals surface area (Å²) in [5, 5.41) is 13.4. The second-order valence-electron chi connectivity index (χ2n) is 6.16. The molecular weight excluding hydrogens is 308 g/mol. The summed E-state index contributed by atoms with van der Waals surface area (Å²) in [4.78, 5) is 25.5. The topological polar surface area (TPSA) is 78.9 Å². The molecule has 0 aliphatic carbocycles. The van der Waals surface area contributed by atoms with E-state index in [0.29, 0.717) is 39.1 Å². The fraction of sp³-hybridized carbons (Fsp3) is 0.556. The van der Waals surface area contributed by atoms with Crippen LogP contribution in [0.15, 0.2) is 24.3 Å². The molecule has 1 saturated heterocycles. The van der Waals surface area contributed by atoms with Crippen LogP contribution >= 0.6 is 0 Å². The molecule has 0 radical (unpaired) electrons. The Morgan fingerprint density at radius 2 is 2.04 bits per heavy atom. The minimum absolute atomic E-state index is 0.0504. The van der Waals surface area contributed by atoms with Gasteiger partial charge in [0.05, 0.1) is 13.2 Å². The number of nitrogens with one attached hydrogen (secondary N) is 1. The van der Waals surface area contributed by atoms with Crippen molar-refractivity contribution in [2.45, 2.75) is 45.4 Å². The van der Waals surface area contributed by atoms with Gasteiger partial charge in [0.1, 0.15) is 0 Å². The Hall–Kier alpha value is -1.92. The predicted molar refractivity (Wildman–Crippen MR) is 90.1 cm³/mol. The number of ether oxygens (including phenoxy) is 1. The van der Waals surface area contributed by atoms with Crippen LogP contribution in [0.1, 0.15) is 37.8 Å². The summed E-state index contributed by atoms with van der Waals surface area (Å²) in [6.45, 7) is 5.46. The summed E-state index contributed by atoms with van der Waals surface area (Å²) < 4.78 is 5.44. The number of carbonyl (C=O) groups is 2. The molecule has 0 unspecified atom stereocenters. The molecule has 1 aliphatic rings. The maximum Gasteiger partial charge on any atom is 0.254 e. The van der Waals surface area contributed by atoms with Crippen molar-refractivity contribution in [1.82, 2.24) is 10.2 Å². The lowest BCUT2D eigenvalue weighted by Crippen LogP contribution is -2.57. The van der Waals surface area contributed by atoms with E-state index >= 15 is 0 Å². The molecule has 6 nitrogen and oxygen atoms in total. The van der Waals surface area contributed by atoms with Crippen molar-refractivity contribution in [2.75, 3.05) is 19.7 Å². The molecule has 1 aliphatic heterocycles. The van der Waals surface area contributed by atoms with Crippen LogP contribution < -0.4 is 5.32 Å². The number of amides is 2. The van der Waals surface area contributed by atoms with E-state index in [-0.39, 0.29) is 12.5 Å². The van der Waals surface area contributed by atoms with Crippen molar-refractivity contribution in [1.29, 1.82) is 0 Å². The van der Waals surface area contributed by atoms with Gasteiger partial charge in [-0.3, -0.25) is 9.59 Å². The molecule has 6 heteroatoms. The Labute approximate surface area is 142 Å². The molecule has 0 saturated carbocycles. The lowest BCUT2D eigenvalue weighted by molar-refractivity contribution is -0.150. The van der Waals surface area contributed by atoms with E-state index in [1.807, 2.05) is 31.2 Å². The van der Waals surface area contributed by atoms with Gasteiger partial charge in [-0.1, -0.05) is 24.3 Å². The van der Waals surface area contributed by atoms with Crippen LogP contribution in [0.4, 0.5) is 0 Å². The van der Waals surface area contributed by atoms with E-state index in [2.05, 4.69) is 5.32 Å². The van der Waals surface area contributed by atoms with Crippen LogP contribution in [0.25, 0.3) is 0 Å². The third kappa shape index (κ3) is 4.55. The summed E-state index contributed by atoms with van der Waals surface area (Å²) in [6.07, 6.45) is 0.980.